The van der Waals surface area contributed by atoms with Gasteiger partial charge in [0.25, 0.3) is 0 Å². The fourth-order valence-corrected chi connectivity index (χ4v) is 5.67. The highest BCUT2D eigenvalue weighted by molar-refractivity contribution is 9.10. The molecule has 0 bridgehead atoms. The summed E-state index contributed by atoms with van der Waals surface area (Å²) in [5, 5.41) is 1.21. The molecule has 2 aliphatic heterocycles. The molecule has 2 atom stereocenters. The average Bonchev–Trinajstić information content (AvgIpc) is 3.17. The molecule has 6 heteroatoms. The van der Waals surface area contributed by atoms with E-state index in [0.29, 0.717) is 38.1 Å². The Bertz CT molecular complexity index is 850. The highest BCUT2D eigenvalue weighted by atomic mass is 79.9. The molecule has 0 aliphatic carbocycles. The Kier molecular flexibility index (Phi) is 7.50. The second-order valence-corrected chi connectivity index (χ2v) is 9.71. The molecule has 164 valence electrons. The molecule has 30 heavy (non-hydrogen) atoms. The molecule has 1 amide bonds. The zero-order chi connectivity index (χ0) is 20.9. The standard InChI is InChI=1S/C24H34BrN3O2/c1-30-16-15-28(18-20-5-4-12-26-11-3-2-6-22(20)26)24(29)10-14-27-13-9-19-7-8-21(25)17-23(19)27/h7-9,13,17,20,22H,2-6,10-12,14-16,18H2,1H3. The van der Waals surface area contributed by atoms with Crippen LogP contribution in [0.3, 0.4) is 0 Å². The van der Waals surface area contributed by atoms with E-state index in [1.807, 2.05) is 0 Å². The lowest BCUT2D eigenvalue weighted by Gasteiger charge is -2.45. The highest BCUT2D eigenvalue weighted by Gasteiger charge is 2.34. The van der Waals surface area contributed by atoms with Crippen molar-refractivity contribution in [3.63, 3.8) is 0 Å². The van der Waals surface area contributed by atoms with E-state index in [-0.39, 0.29) is 5.91 Å². The predicted molar refractivity (Wildman–Crippen MR) is 125 cm³/mol. The smallest absolute Gasteiger partial charge is 0.224 e. The van der Waals surface area contributed by atoms with Gasteiger partial charge in [-0.05, 0) is 68.3 Å². The van der Waals surface area contributed by atoms with Gasteiger partial charge in [0.2, 0.25) is 5.91 Å². The average molecular weight is 476 g/mol. The maximum Gasteiger partial charge on any atom is 0.224 e. The van der Waals surface area contributed by atoms with Gasteiger partial charge in [-0.15, -0.1) is 0 Å². The van der Waals surface area contributed by atoms with Gasteiger partial charge in [0.05, 0.1) is 6.61 Å². The number of nitrogens with zero attached hydrogens (tertiary/aromatic N) is 3. The lowest BCUT2D eigenvalue weighted by Crippen LogP contribution is -2.52. The topological polar surface area (TPSA) is 37.7 Å². The third kappa shape index (κ3) is 5.09. The Balaban J connectivity index is 1.40. The number of hydrogen-bond acceptors (Lipinski definition) is 3. The summed E-state index contributed by atoms with van der Waals surface area (Å²) in [7, 11) is 1.72. The van der Waals surface area contributed by atoms with Gasteiger partial charge >= 0.3 is 0 Å². The number of methoxy groups -OCH3 is 1. The number of carbonyl (C=O) groups excluding carboxylic acids is 1. The molecule has 2 aromatic rings. The van der Waals surface area contributed by atoms with E-state index in [4.69, 9.17) is 4.74 Å². The fourth-order valence-electron chi connectivity index (χ4n) is 5.32. The van der Waals surface area contributed by atoms with Gasteiger partial charge in [-0.2, -0.15) is 0 Å². The van der Waals surface area contributed by atoms with Gasteiger partial charge in [-0.25, -0.2) is 0 Å². The first-order valence-corrected chi connectivity index (χ1v) is 12.2. The number of benzene rings is 1. The van der Waals surface area contributed by atoms with Crippen LogP contribution in [0, 0.1) is 5.92 Å². The summed E-state index contributed by atoms with van der Waals surface area (Å²) < 4.78 is 8.58. The van der Waals surface area contributed by atoms with Crippen LogP contribution in [0.15, 0.2) is 34.9 Å². The molecule has 0 N–H and O–H groups in total. The first-order chi connectivity index (χ1) is 14.7. The van der Waals surface area contributed by atoms with Crippen molar-refractivity contribution >= 4 is 32.7 Å². The number of hydrogen-bond donors (Lipinski definition) is 0. The molecule has 0 spiro atoms. The van der Waals surface area contributed by atoms with E-state index >= 15 is 0 Å². The minimum atomic E-state index is 0.247. The summed E-state index contributed by atoms with van der Waals surface area (Å²) in [6.07, 6.45) is 9.08. The molecule has 2 unspecified atom stereocenters. The maximum absolute atomic E-state index is 13.2. The summed E-state index contributed by atoms with van der Waals surface area (Å²) in [6.45, 7) is 5.36. The third-order valence-electron chi connectivity index (χ3n) is 6.90. The summed E-state index contributed by atoms with van der Waals surface area (Å²) >= 11 is 3.56. The molecule has 1 aromatic heterocycles. The normalized spacial score (nSPS) is 22.2. The summed E-state index contributed by atoms with van der Waals surface area (Å²) in [5.41, 5.74) is 1.17. The summed E-state index contributed by atoms with van der Waals surface area (Å²) in [6, 6.07) is 9.08. The van der Waals surface area contributed by atoms with E-state index in [1.54, 1.807) is 7.11 Å². The third-order valence-corrected chi connectivity index (χ3v) is 7.40. The number of rotatable bonds is 8. The van der Waals surface area contributed by atoms with Crippen LogP contribution in [-0.4, -0.2) is 66.2 Å². The molecule has 0 radical (unpaired) electrons. The van der Waals surface area contributed by atoms with Crippen LogP contribution in [0.5, 0.6) is 0 Å². The van der Waals surface area contributed by atoms with E-state index in [1.165, 1.54) is 56.1 Å². The predicted octanol–water partition coefficient (Wildman–Crippen LogP) is 4.53. The lowest BCUT2D eigenvalue weighted by molar-refractivity contribution is -0.133. The molecule has 1 aromatic carbocycles. The van der Waals surface area contributed by atoms with E-state index in [9.17, 15) is 4.79 Å². The molecule has 3 heterocycles. The van der Waals surface area contributed by atoms with Crippen LogP contribution in [0.1, 0.15) is 38.5 Å². The molecule has 0 saturated carbocycles. The molecule has 2 saturated heterocycles. The van der Waals surface area contributed by atoms with E-state index in [2.05, 4.69) is 60.8 Å². The van der Waals surface area contributed by atoms with Crippen molar-refractivity contribution in [1.82, 2.24) is 14.4 Å². The maximum atomic E-state index is 13.2. The van der Waals surface area contributed by atoms with Crippen molar-refractivity contribution in [2.24, 2.45) is 5.92 Å². The number of carbonyl (C=O) groups is 1. The summed E-state index contributed by atoms with van der Waals surface area (Å²) in [4.78, 5) is 18.0. The molecule has 4 rings (SSSR count). The number of piperidine rings is 2. The van der Waals surface area contributed by atoms with Crippen LogP contribution in [0.2, 0.25) is 0 Å². The quantitative estimate of drug-likeness (QED) is 0.562. The number of ether oxygens (including phenoxy) is 1. The SMILES string of the molecule is COCCN(CC1CCCN2CCCCC12)C(=O)CCn1ccc2ccc(Br)cc21. The van der Waals surface area contributed by atoms with Gasteiger partial charge < -0.3 is 19.1 Å². The first kappa shape index (κ1) is 21.8. The summed E-state index contributed by atoms with van der Waals surface area (Å²) in [5.74, 6) is 0.847. The van der Waals surface area contributed by atoms with Crippen LogP contribution in [0.4, 0.5) is 0 Å². The van der Waals surface area contributed by atoms with E-state index < -0.39 is 0 Å². The second kappa shape index (κ2) is 10.3. The van der Waals surface area contributed by atoms with Gasteiger partial charge in [-0.3, -0.25) is 4.79 Å². The number of aryl methyl sites for hydroxylation is 1. The monoisotopic (exact) mass is 475 g/mol. The van der Waals surface area contributed by atoms with Crippen LogP contribution >= 0.6 is 15.9 Å². The van der Waals surface area contributed by atoms with Crippen molar-refractivity contribution in [3.8, 4) is 0 Å². The largest absolute Gasteiger partial charge is 0.383 e. The van der Waals surface area contributed by atoms with Crippen molar-refractivity contribution in [2.45, 2.75) is 51.1 Å². The Morgan fingerprint density at radius 2 is 2.07 bits per heavy atom. The van der Waals surface area contributed by atoms with Crippen molar-refractivity contribution in [1.29, 1.82) is 0 Å². The lowest BCUT2D eigenvalue weighted by atomic mass is 9.83. The molecular formula is C24H34BrN3O2. The Morgan fingerprint density at radius 3 is 2.93 bits per heavy atom. The van der Waals surface area contributed by atoms with Crippen molar-refractivity contribution in [3.05, 3.63) is 34.9 Å². The van der Waals surface area contributed by atoms with Gasteiger partial charge in [0.15, 0.2) is 0 Å². The zero-order valence-corrected chi connectivity index (χ0v) is 19.6. The number of halogens is 1. The van der Waals surface area contributed by atoms with E-state index in [0.717, 1.165) is 11.0 Å². The van der Waals surface area contributed by atoms with Crippen LogP contribution in [0.25, 0.3) is 10.9 Å². The molecular weight excluding hydrogens is 442 g/mol. The molecule has 5 nitrogen and oxygen atoms in total. The number of amides is 1. The minimum Gasteiger partial charge on any atom is -0.383 e. The number of fused-ring (bicyclic) bond motifs is 2. The Labute approximate surface area is 188 Å². The zero-order valence-electron chi connectivity index (χ0n) is 18.1. The van der Waals surface area contributed by atoms with Crippen LogP contribution < -0.4 is 0 Å². The Hall–Kier alpha value is -1.37. The second-order valence-electron chi connectivity index (χ2n) is 8.80. The molecule has 2 aliphatic rings. The van der Waals surface area contributed by atoms with Crippen molar-refractivity contribution < 1.29 is 9.53 Å². The number of aromatic nitrogens is 1. The first-order valence-electron chi connectivity index (χ1n) is 11.4. The Morgan fingerprint density at radius 1 is 1.20 bits per heavy atom. The van der Waals surface area contributed by atoms with Crippen molar-refractivity contribution in [2.75, 3.05) is 39.9 Å². The molecule has 2 fully saturated rings. The van der Waals surface area contributed by atoms with Gasteiger partial charge in [0, 0.05) is 55.4 Å². The minimum absolute atomic E-state index is 0.247. The highest BCUT2D eigenvalue weighted by Crippen LogP contribution is 2.31. The fraction of sp³-hybridized carbons (Fsp3) is 0.625. The van der Waals surface area contributed by atoms with Crippen LogP contribution in [-0.2, 0) is 16.1 Å². The van der Waals surface area contributed by atoms with Gasteiger partial charge in [0.1, 0.15) is 0 Å². The van der Waals surface area contributed by atoms with Gasteiger partial charge in [-0.1, -0.05) is 28.4 Å².